The smallest absolute Gasteiger partial charge is 0.323 e. The Hall–Kier alpha value is -3.60. The minimum Gasteiger partial charge on any atom is -0.487 e. The van der Waals surface area contributed by atoms with Crippen LogP contribution in [0.2, 0.25) is 0 Å². The zero-order chi connectivity index (χ0) is 25.9. The third-order valence-electron chi connectivity index (χ3n) is 6.98. The molecule has 36 heavy (non-hydrogen) atoms. The molecular formula is C31H35NO4. The number of carbonyl (C=O) groups excluding carboxylic acids is 1. The van der Waals surface area contributed by atoms with Gasteiger partial charge in [0.15, 0.2) is 0 Å². The van der Waals surface area contributed by atoms with Crippen LogP contribution in [0.4, 0.5) is 0 Å². The maximum atomic E-state index is 13.3. The number of fused-ring (bicyclic) bond motifs is 1. The quantitative estimate of drug-likeness (QED) is 0.414. The first-order valence-electron chi connectivity index (χ1n) is 12.6. The predicted octanol–water partition coefficient (Wildman–Crippen LogP) is 5.82. The lowest BCUT2D eigenvalue weighted by Gasteiger charge is -2.24. The first kappa shape index (κ1) is 25.5. The van der Waals surface area contributed by atoms with E-state index in [4.69, 9.17) is 4.74 Å². The van der Waals surface area contributed by atoms with Crippen molar-refractivity contribution in [1.82, 2.24) is 4.90 Å². The van der Waals surface area contributed by atoms with Crippen molar-refractivity contribution >= 4 is 11.9 Å². The highest BCUT2D eigenvalue weighted by Crippen LogP contribution is 2.38. The summed E-state index contributed by atoms with van der Waals surface area (Å²) in [5.74, 6) is -0.00659. The second-order valence-electron chi connectivity index (χ2n) is 10.4. The normalized spacial score (nSPS) is 16.5. The van der Waals surface area contributed by atoms with Crippen LogP contribution in [-0.4, -0.2) is 40.6 Å². The number of aliphatic carboxylic acids is 1. The number of nitrogens with zero attached hydrogens (tertiary/aromatic N) is 1. The fraction of sp³-hybridized carbons (Fsp3) is 0.355. The van der Waals surface area contributed by atoms with Crippen molar-refractivity contribution in [1.29, 1.82) is 0 Å². The van der Waals surface area contributed by atoms with Gasteiger partial charge in [0.25, 0.3) is 5.91 Å². The fourth-order valence-electron chi connectivity index (χ4n) is 4.95. The molecular weight excluding hydrogens is 450 g/mol. The Morgan fingerprint density at radius 2 is 1.78 bits per heavy atom. The molecule has 0 aromatic heterocycles. The standard InChI is InChI=1S/C31H35NO4/c1-21(2)24-11-9-23(10-12-24)18-31(4)19-27-17-26(13-14-28(27)36-31)30(35)32(20-29(33)34)16-15-25-8-6-5-7-22(25)3/h5-14,17,21H,15-16,18-20H2,1-4H3,(H,33,34)/t31-/m0/s1. The minimum absolute atomic E-state index is 0.272. The summed E-state index contributed by atoms with van der Waals surface area (Å²) < 4.78 is 6.34. The highest BCUT2D eigenvalue weighted by Gasteiger charge is 2.35. The molecule has 1 aliphatic heterocycles. The van der Waals surface area contributed by atoms with Gasteiger partial charge < -0.3 is 14.7 Å². The largest absolute Gasteiger partial charge is 0.487 e. The van der Waals surface area contributed by atoms with E-state index in [1.807, 2.05) is 43.3 Å². The minimum atomic E-state index is -1.02. The molecule has 0 aliphatic carbocycles. The highest BCUT2D eigenvalue weighted by molar-refractivity contribution is 5.96. The number of rotatable bonds is 9. The van der Waals surface area contributed by atoms with E-state index in [1.54, 1.807) is 6.07 Å². The molecule has 3 aromatic rings. The lowest BCUT2D eigenvalue weighted by atomic mass is 9.90. The average molecular weight is 486 g/mol. The van der Waals surface area contributed by atoms with Gasteiger partial charge in [-0.2, -0.15) is 0 Å². The molecule has 1 amide bonds. The van der Waals surface area contributed by atoms with Gasteiger partial charge in [0.2, 0.25) is 0 Å². The van der Waals surface area contributed by atoms with Gasteiger partial charge >= 0.3 is 5.97 Å². The molecule has 0 radical (unpaired) electrons. The summed E-state index contributed by atoms with van der Waals surface area (Å²) in [4.78, 5) is 26.3. The van der Waals surface area contributed by atoms with Crippen molar-refractivity contribution in [3.8, 4) is 5.75 Å². The third kappa shape index (κ3) is 5.96. The molecule has 1 atom stereocenters. The van der Waals surface area contributed by atoms with Gasteiger partial charge in [0.05, 0.1) is 0 Å². The number of carboxylic acids is 1. The zero-order valence-electron chi connectivity index (χ0n) is 21.6. The lowest BCUT2D eigenvalue weighted by molar-refractivity contribution is -0.137. The molecule has 1 heterocycles. The lowest BCUT2D eigenvalue weighted by Crippen LogP contribution is -2.37. The van der Waals surface area contributed by atoms with Crippen LogP contribution in [0.5, 0.6) is 5.75 Å². The van der Waals surface area contributed by atoms with E-state index in [2.05, 4.69) is 45.0 Å². The first-order chi connectivity index (χ1) is 17.1. The van der Waals surface area contributed by atoms with Gasteiger partial charge in [-0.15, -0.1) is 0 Å². The van der Waals surface area contributed by atoms with E-state index < -0.39 is 11.6 Å². The van der Waals surface area contributed by atoms with Crippen molar-refractivity contribution in [3.63, 3.8) is 0 Å². The Kier molecular flexibility index (Phi) is 7.48. The Labute approximate surface area is 213 Å². The van der Waals surface area contributed by atoms with E-state index in [9.17, 15) is 14.7 Å². The van der Waals surface area contributed by atoms with Crippen LogP contribution in [0.3, 0.4) is 0 Å². The van der Waals surface area contributed by atoms with E-state index in [0.29, 0.717) is 30.9 Å². The Bertz CT molecular complexity index is 1250. The van der Waals surface area contributed by atoms with E-state index in [0.717, 1.165) is 28.9 Å². The number of benzene rings is 3. The molecule has 0 bridgehead atoms. The van der Waals surface area contributed by atoms with Crippen molar-refractivity contribution in [2.45, 2.75) is 58.5 Å². The Morgan fingerprint density at radius 3 is 2.44 bits per heavy atom. The number of aryl methyl sites for hydroxylation is 1. The monoisotopic (exact) mass is 485 g/mol. The number of hydrogen-bond acceptors (Lipinski definition) is 3. The molecule has 188 valence electrons. The van der Waals surface area contributed by atoms with Gasteiger partial charge in [0.1, 0.15) is 17.9 Å². The summed E-state index contributed by atoms with van der Waals surface area (Å²) in [5.41, 5.74) is 5.86. The fourth-order valence-corrected chi connectivity index (χ4v) is 4.95. The van der Waals surface area contributed by atoms with Crippen molar-refractivity contribution in [2.75, 3.05) is 13.1 Å². The molecule has 0 saturated heterocycles. The maximum absolute atomic E-state index is 13.3. The molecule has 5 nitrogen and oxygen atoms in total. The SMILES string of the molecule is Cc1ccccc1CCN(CC(=O)O)C(=O)c1ccc2c(c1)C[C@](C)(Cc1ccc(C(C)C)cc1)O2. The molecule has 4 rings (SSSR count). The maximum Gasteiger partial charge on any atom is 0.323 e. The molecule has 3 aromatic carbocycles. The number of carboxylic acid groups (broad SMARTS) is 1. The van der Waals surface area contributed by atoms with Crippen LogP contribution in [0, 0.1) is 6.92 Å². The van der Waals surface area contributed by atoms with Crippen LogP contribution >= 0.6 is 0 Å². The third-order valence-corrected chi connectivity index (χ3v) is 6.98. The number of ether oxygens (including phenoxy) is 1. The van der Waals surface area contributed by atoms with Crippen molar-refractivity contribution in [2.24, 2.45) is 0 Å². The molecule has 5 heteroatoms. The summed E-state index contributed by atoms with van der Waals surface area (Å²) in [5, 5.41) is 9.43. The average Bonchev–Trinajstić information content (AvgIpc) is 3.17. The zero-order valence-corrected chi connectivity index (χ0v) is 21.6. The van der Waals surface area contributed by atoms with Crippen LogP contribution in [0.25, 0.3) is 0 Å². The topological polar surface area (TPSA) is 66.8 Å². The van der Waals surface area contributed by atoms with Crippen LogP contribution < -0.4 is 4.74 Å². The van der Waals surface area contributed by atoms with Crippen LogP contribution in [0.1, 0.15) is 64.9 Å². The van der Waals surface area contributed by atoms with Gasteiger partial charge in [-0.1, -0.05) is 62.4 Å². The summed E-state index contributed by atoms with van der Waals surface area (Å²) in [6, 6.07) is 22.1. The molecule has 0 spiro atoms. The predicted molar refractivity (Wildman–Crippen MR) is 142 cm³/mol. The highest BCUT2D eigenvalue weighted by atomic mass is 16.5. The van der Waals surface area contributed by atoms with Crippen molar-refractivity contribution in [3.05, 3.63) is 100 Å². The van der Waals surface area contributed by atoms with Crippen molar-refractivity contribution < 1.29 is 19.4 Å². The van der Waals surface area contributed by atoms with E-state index in [-0.39, 0.29) is 12.5 Å². The summed E-state index contributed by atoms with van der Waals surface area (Å²) in [6.07, 6.45) is 2.07. The molecule has 0 unspecified atom stereocenters. The summed E-state index contributed by atoms with van der Waals surface area (Å²) in [6.45, 7) is 8.51. The van der Waals surface area contributed by atoms with E-state index in [1.165, 1.54) is 16.0 Å². The van der Waals surface area contributed by atoms with Gasteiger partial charge in [-0.25, -0.2) is 0 Å². The summed E-state index contributed by atoms with van der Waals surface area (Å²) >= 11 is 0. The molecule has 0 saturated carbocycles. The van der Waals surface area contributed by atoms with Gasteiger partial charge in [-0.05, 0) is 72.2 Å². The number of amides is 1. The van der Waals surface area contributed by atoms with Gasteiger partial charge in [0, 0.05) is 24.9 Å². The second-order valence-corrected chi connectivity index (χ2v) is 10.4. The Balaban J connectivity index is 1.47. The summed E-state index contributed by atoms with van der Waals surface area (Å²) in [7, 11) is 0. The van der Waals surface area contributed by atoms with E-state index >= 15 is 0 Å². The van der Waals surface area contributed by atoms with Crippen LogP contribution in [0.15, 0.2) is 66.7 Å². The first-order valence-corrected chi connectivity index (χ1v) is 12.6. The second kappa shape index (κ2) is 10.6. The number of carbonyl (C=O) groups is 2. The van der Waals surface area contributed by atoms with Gasteiger partial charge in [-0.3, -0.25) is 9.59 Å². The van der Waals surface area contributed by atoms with Crippen LogP contribution in [-0.2, 0) is 24.1 Å². The number of hydrogen-bond donors (Lipinski definition) is 1. The Morgan fingerprint density at radius 1 is 1.06 bits per heavy atom. The molecule has 0 fully saturated rings. The molecule has 1 N–H and O–H groups in total. The molecule has 1 aliphatic rings.